The molecule has 0 bridgehead atoms. The number of benzene rings is 1. The molecule has 6 nitrogen and oxygen atoms in total. The van der Waals surface area contributed by atoms with Crippen molar-refractivity contribution in [3.63, 3.8) is 0 Å². The van der Waals surface area contributed by atoms with Gasteiger partial charge in [-0.25, -0.2) is 18.7 Å². The van der Waals surface area contributed by atoms with Crippen molar-refractivity contribution >= 4 is 0 Å². The molecule has 0 saturated carbocycles. The van der Waals surface area contributed by atoms with Crippen molar-refractivity contribution < 1.29 is 26.7 Å². The Labute approximate surface area is 138 Å². The van der Waals surface area contributed by atoms with Crippen LogP contribution in [0.5, 0.6) is 6.01 Å². The first kappa shape index (κ1) is 16.8. The number of nitrogens with zero attached hydrogens (tertiary/aromatic N) is 4. The van der Waals surface area contributed by atoms with Crippen LogP contribution in [0.2, 0.25) is 0 Å². The lowest BCUT2D eigenvalue weighted by Gasteiger charge is -2.14. The van der Waals surface area contributed by atoms with Crippen LogP contribution in [0.4, 0.5) is 17.6 Å². The summed E-state index contributed by atoms with van der Waals surface area (Å²) >= 11 is 0. The summed E-state index contributed by atoms with van der Waals surface area (Å²) in [7, 11) is 0. The van der Waals surface area contributed by atoms with E-state index in [1.54, 1.807) is 0 Å². The average molecular weight is 354 g/mol. The molecule has 130 valence electrons. The minimum Gasteiger partial charge on any atom is -0.455 e. The lowest BCUT2D eigenvalue weighted by atomic mass is 10.1. The summed E-state index contributed by atoms with van der Waals surface area (Å²) < 4.78 is 62.3. The van der Waals surface area contributed by atoms with Crippen LogP contribution < -0.4 is 4.74 Å². The molecule has 0 unspecified atom stereocenters. The number of hydrogen-bond acceptors (Lipinski definition) is 6. The number of aromatic nitrogens is 4. The fourth-order valence-corrected chi connectivity index (χ4v) is 2.04. The van der Waals surface area contributed by atoms with E-state index in [0.717, 1.165) is 12.1 Å². The zero-order valence-corrected chi connectivity index (χ0v) is 12.7. The summed E-state index contributed by atoms with van der Waals surface area (Å²) in [5, 5.41) is 6.64. The van der Waals surface area contributed by atoms with Gasteiger partial charge in [-0.3, -0.25) is 0 Å². The van der Waals surface area contributed by atoms with Crippen LogP contribution in [-0.2, 0) is 0 Å². The maximum absolute atomic E-state index is 13.7. The molecule has 0 fully saturated rings. The number of alkyl halides is 2. The molecular weight excluding hydrogens is 344 g/mol. The highest BCUT2D eigenvalue weighted by Crippen LogP contribution is 2.26. The Hall–Kier alpha value is -3.04. The highest BCUT2D eigenvalue weighted by atomic mass is 19.3. The molecule has 0 aliphatic heterocycles. The first-order chi connectivity index (χ1) is 12.0. The third-order valence-corrected chi connectivity index (χ3v) is 3.19. The van der Waals surface area contributed by atoms with Crippen LogP contribution in [0.15, 0.2) is 35.0 Å². The molecule has 3 rings (SSSR count). The summed E-state index contributed by atoms with van der Waals surface area (Å²) in [4.78, 5) is 7.68. The fraction of sp³-hybridized carbons (Fsp3) is 0.200. The van der Waals surface area contributed by atoms with E-state index in [-0.39, 0.29) is 23.0 Å². The first-order valence-corrected chi connectivity index (χ1v) is 7.00. The average Bonchev–Trinajstić information content (AvgIpc) is 3.05. The molecule has 0 radical (unpaired) electrons. The number of rotatable bonds is 5. The van der Waals surface area contributed by atoms with E-state index in [1.807, 2.05) is 0 Å². The van der Waals surface area contributed by atoms with Crippen LogP contribution in [-0.4, -0.2) is 20.2 Å². The summed E-state index contributed by atoms with van der Waals surface area (Å²) in [5.41, 5.74) is -0.0647. The molecule has 2 aromatic heterocycles. The summed E-state index contributed by atoms with van der Waals surface area (Å²) in [6, 6.07) is 3.30. The molecule has 0 N–H and O–H groups in total. The van der Waals surface area contributed by atoms with Gasteiger partial charge in [0, 0.05) is 12.4 Å². The molecule has 0 amide bonds. The zero-order chi connectivity index (χ0) is 18.0. The van der Waals surface area contributed by atoms with Crippen LogP contribution in [0.25, 0.3) is 11.5 Å². The molecular formula is C15H10F4N4O2. The Kier molecular flexibility index (Phi) is 4.59. The summed E-state index contributed by atoms with van der Waals surface area (Å²) in [5.74, 6) is -2.52. The normalized spacial score (nSPS) is 12.4. The van der Waals surface area contributed by atoms with Gasteiger partial charge in [-0.05, 0) is 19.1 Å². The molecule has 1 atom stereocenters. The van der Waals surface area contributed by atoms with E-state index >= 15 is 0 Å². The van der Waals surface area contributed by atoms with Gasteiger partial charge in [0.15, 0.2) is 0 Å². The highest BCUT2D eigenvalue weighted by Gasteiger charge is 2.20. The maximum Gasteiger partial charge on any atom is 0.316 e. The molecule has 0 spiro atoms. The van der Waals surface area contributed by atoms with Gasteiger partial charge in [0.25, 0.3) is 11.8 Å². The predicted octanol–water partition coefficient (Wildman–Crippen LogP) is 3.88. The third kappa shape index (κ3) is 3.57. The topological polar surface area (TPSA) is 73.9 Å². The van der Waals surface area contributed by atoms with Gasteiger partial charge < -0.3 is 9.15 Å². The van der Waals surface area contributed by atoms with Crippen molar-refractivity contribution in [3.8, 4) is 17.5 Å². The Morgan fingerprint density at radius 1 is 1.04 bits per heavy atom. The predicted molar refractivity (Wildman–Crippen MR) is 75.7 cm³/mol. The molecule has 0 aliphatic rings. The molecule has 3 aromatic rings. The largest absolute Gasteiger partial charge is 0.455 e. The lowest BCUT2D eigenvalue weighted by Crippen LogP contribution is -2.09. The van der Waals surface area contributed by atoms with E-state index in [2.05, 4.69) is 20.2 Å². The number of halogens is 4. The van der Waals surface area contributed by atoms with Gasteiger partial charge in [0.05, 0.1) is 11.1 Å². The Bertz CT molecular complexity index is 850. The quantitative estimate of drug-likeness (QED) is 0.648. The number of hydrogen-bond donors (Lipinski definition) is 0. The van der Waals surface area contributed by atoms with Gasteiger partial charge >= 0.3 is 12.4 Å². The lowest BCUT2D eigenvalue weighted by molar-refractivity contribution is 0.116. The van der Waals surface area contributed by atoms with Crippen molar-refractivity contribution in [2.45, 2.75) is 19.5 Å². The second-order valence-corrected chi connectivity index (χ2v) is 4.90. The van der Waals surface area contributed by atoms with E-state index in [1.165, 1.54) is 25.4 Å². The van der Waals surface area contributed by atoms with Gasteiger partial charge in [-0.15, -0.1) is 10.2 Å². The van der Waals surface area contributed by atoms with Gasteiger partial charge in [0.1, 0.15) is 17.7 Å². The van der Waals surface area contributed by atoms with E-state index in [9.17, 15) is 17.6 Å². The van der Waals surface area contributed by atoms with E-state index < -0.39 is 30.1 Å². The van der Waals surface area contributed by atoms with Crippen molar-refractivity contribution in [3.05, 3.63) is 53.7 Å². The van der Waals surface area contributed by atoms with Crippen molar-refractivity contribution in [2.75, 3.05) is 0 Å². The third-order valence-electron chi connectivity index (χ3n) is 3.19. The van der Waals surface area contributed by atoms with E-state index in [4.69, 9.17) is 9.15 Å². The standard InChI is InChI=1S/C15H10F4N4O2/c1-7(11-9(16)3-2-4-10(11)17)24-15-20-5-8(6-21-15)13-22-23-14(25-13)12(18)19/h2-7,12H,1H3/t7-/m1/s1. The van der Waals surface area contributed by atoms with Crippen LogP contribution in [0, 0.1) is 11.6 Å². The Morgan fingerprint density at radius 3 is 2.24 bits per heavy atom. The molecule has 0 aliphatic carbocycles. The maximum atomic E-state index is 13.7. The van der Waals surface area contributed by atoms with Gasteiger partial charge in [0.2, 0.25) is 0 Å². The molecule has 10 heteroatoms. The molecule has 2 heterocycles. The van der Waals surface area contributed by atoms with Crippen molar-refractivity contribution in [1.29, 1.82) is 0 Å². The smallest absolute Gasteiger partial charge is 0.316 e. The SMILES string of the molecule is C[C@@H](Oc1ncc(-c2nnc(C(F)F)o2)cn1)c1c(F)cccc1F. The zero-order valence-electron chi connectivity index (χ0n) is 12.7. The monoisotopic (exact) mass is 354 g/mol. The number of ether oxygens (including phenoxy) is 1. The summed E-state index contributed by atoms with van der Waals surface area (Å²) in [6.07, 6.45) is -1.47. The minimum atomic E-state index is -2.89. The second-order valence-electron chi connectivity index (χ2n) is 4.90. The van der Waals surface area contributed by atoms with Crippen LogP contribution in [0.3, 0.4) is 0 Å². The molecule has 1 aromatic carbocycles. The fourth-order valence-electron chi connectivity index (χ4n) is 2.04. The summed E-state index contributed by atoms with van der Waals surface area (Å²) in [6.45, 7) is 1.44. The Morgan fingerprint density at radius 2 is 1.68 bits per heavy atom. The van der Waals surface area contributed by atoms with Crippen LogP contribution >= 0.6 is 0 Å². The minimum absolute atomic E-state index is 0.160. The van der Waals surface area contributed by atoms with Gasteiger partial charge in [-0.1, -0.05) is 6.07 Å². The molecule has 25 heavy (non-hydrogen) atoms. The van der Waals surface area contributed by atoms with Crippen molar-refractivity contribution in [2.24, 2.45) is 0 Å². The first-order valence-electron chi connectivity index (χ1n) is 7.00. The van der Waals surface area contributed by atoms with Gasteiger partial charge in [-0.2, -0.15) is 8.78 Å². The molecule has 0 saturated heterocycles. The second kappa shape index (κ2) is 6.83. The Balaban J connectivity index is 1.76. The highest BCUT2D eigenvalue weighted by molar-refractivity contribution is 5.49. The van der Waals surface area contributed by atoms with E-state index in [0.29, 0.717) is 0 Å². The van der Waals surface area contributed by atoms with Crippen LogP contribution in [0.1, 0.15) is 30.9 Å². The van der Waals surface area contributed by atoms with Crippen molar-refractivity contribution in [1.82, 2.24) is 20.2 Å².